The summed E-state index contributed by atoms with van der Waals surface area (Å²) < 4.78 is 5.28. The summed E-state index contributed by atoms with van der Waals surface area (Å²) in [6.07, 6.45) is 6.09. The van der Waals surface area contributed by atoms with Crippen LogP contribution in [0.15, 0.2) is 36.4 Å². The van der Waals surface area contributed by atoms with Crippen molar-refractivity contribution in [2.24, 2.45) is 0 Å². The van der Waals surface area contributed by atoms with Crippen molar-refractivity contribution in [2.75, 3.05) is 14.2 Å². The van der Waals surface area contributed by atoms with E-state index in [2.05, 4.69) is 24.3 Å². The number of benzene rings is 2. The molecule has 2 aromatic carbocycles. The van der Waals surface area contributed by atoms with Crippen LogP contribution in [0, 0.1) is 0 Å². The highest BCUT2D eigenvalue weighted by Gasteiger charge is 2.26. The third kappa shape index (κ3) is 3.40. The van der Waals surface area contributed by atoms with Crippen LogP contribution in [0.25, 0.3) is 10.8 Å². The minimum Gasteiger partial charge on any atom is -0.497 e. The van der Waals surface area contributed by atoms with Crippen molar-refractivity contribution in [1.82, 2.24) is 4.90 Å². The number of methoxy groups -OCH3 is 1. The zero-order valence-electron chi connectivity index (χ0n) is 14.9. The van der Waals surface area contributed by atoms with Crippen LogP contribution < -0.4 is 4.74 Å². The van der Waals surface area contributed by atoms with Crippen molar-refractivity contribution in [1.29, 1.82) is 0 Å². The molecule has 0 unspecified atom stereocenters. The molecule has 1 saturated carbocycles. The minimum atomic E-state index is -0.108. The number of likely N-dealkylation sites (N-methyl/N-ethyl adjacent to an activating group) is 1. The Labute approximate surface area is 144 Å². The molecule has 1 aliphatic carbocycles. The zero-order chi connectivity index (χ0) is 17.1. The molecule has 24 heavy (non-hydrogen) atoms. The van der Waals surface area contributed by atoms with Crippen LogP contribution in [0.1, 0.15) is 50.5 Å². The molecule has 1 fully saturated rings. The maximum Gasteiger partial charge on any atom is 0.229 e. The van der Waals surface area contributed by atoms with E-state index in [1.54, 1.807) is 7.11 Å². The molecule has 1 atom stereocenters. The second-order valence-electron chi connectivity index (χ2n) is 6.94. The van der Waals surface area contributed by atoms with Gasteiger partial charge in [0, 0.05) is 13.1 Å². The van der Waals surface area contributed by atoms with Gasteiger partial charge in [-0.3, -0.25) is 4.79 Å². The van der Waals surface area contributed by atoms with Crippen molar-refractivity contribution in [3.8, 4) is 5.75 Å². The zero-order valence-corrected chi connectivity index (χ0v) is 14.9. The quantitative estimate of drug-likeness (QED) is 0.812. The summed E-state index contributed by atoms with van der Waals surface area (Å²) in [7, 11) is 3.65. The van der Waals surface area contributed by atoms with Gasteiger partial charge in [0.2, 0.25) is 5.91 Å². The van der Waals surface area contributed by atoms with Gasteiger partial charge < -0.3 is 9.64 Å². The Balaban J connectivity index is 1.79. The van der Waals surface area contributed by atoms with E-state index in [0.29, 0.717) is 6.04 Å². The van der Waals surface area contributed by atoms with Crippen LogP contribution in [0.3, 0.4) is 0 Å². The van der Waals surface area contributed by atoms with Gasteiger partial charge in [0.05, 0.1) is 13.0 Å². The maximum absolute atomic E-state index is 12.9. The van der Waals surface area contributed by atoms with Gasteiger partial charge in [0.15, 0.2) is 0 Å². The Morgan fingerprint density at radius 1 is 1.08 bits per heavy atom. The molecule has 0 bridgehead atoms. The van der Waals surface area contributed by atoms with E-state index in [0.717, 1.165) is 34.9 Å². The summed E-state index contributed by atoms with van der Waals surface area (Å²) >= 11 is 0. The second kappa shape index (κ2) is 7.25. The molecule has 1 aliphatic rings. The normalized spacial score (nSPS) is 16.8. The van der Waals surface area contributed by atoms with E-state index < -0.39 is 0 Å². The molecule has 0 N–H and O–H groups in total. The lowest BCUT2D eigenvalue weighted by Crippen LogP contribution is -2.40. The third-order valence-electron chi connectivity index (χ3n) is 5.41. The van der Waals surface area contributed by atoms with E-state index in [1.807, 2.05) is 31.0 Å². The second-order valence-corrected chi connectivity index (χ2v) is 6.94. The molecule has 0 aliphatic heterocycles. The van der Waals surface area contributed by atoms with Crippen molar-refractivity contribution >= 4 is 16.7 Å². The van der Waals surface area contributed by atoms with Crippen LogP contribution in [-0.4, -0.2) is 31.0 Å². The molecule has 128 valence electrons. The summed E-state index contributed by atoms with van der Waals surface area (Å²) in [6.45, 7) is 2.02. The number of carbonyl (C=O) groups is 1. The van der Waals surface area contributed by atoms with Gasteiger partial charge in [0.1, 0.15) is 5.75 Å². The van der Waals surface area contributed by atoms with Gasteiger partial charge in [-0.05, 0) is 48.2 Å². The number of rotatable bonds is 4. The minimum absolute atomic E-state index is 0.108. The van der Waals surface area contributed by atoms with E-state index in [9.17, 15) is 4.79 Å². The summed E-state index contributed by atoms with van der Waals surface area (Å²) in [6, 6.07) is 12.7. The van der Waals surface area contributed by atoms with Crippen LogP contribution >= 0.6 is 0 Å². The van der Waals surface area contributed by atoms with Gasteiger partial charge >= 0.3 is 0 Å². The van der Waals surface area contributed by atoms with Gasteiger partial charge in [-0.25, -0.2) is 0 Å². The Hall–Kier alpha value is -2.03. The van der Waals surface area contributed by atoms with E-state index in [-0.39, 0.29) is 11.8 Å². The fraction of sp³-hybridized carbons (Fsp3) is 0.476. The van der Waals surface area contributed by atoms with Gasteiger partial charge in [-0.15, -0.1) is 0 Å². The molecule has 0 saturated heterocycles. The molecule has 0 spiro atoms. The summed E-state index contributed by atoms with van der Waals surface area (Å²) in [4.78, 5) is 14.9. The molecular weight excluding hydrogens is 298 g/mol. The van der Waals surface area contributed by atoms with Crippen molar-refractivity contribution in [2.45, 2.75) is 51.0 Å². The first-order chi connectivity index (χ1) is 11.6. The molecule has 0 radical (unpaired) electrons. The highest BCUT2D eigenvalue weighted by atomic mass is 16.5. The van der Waals surface area contributed by atoms with Gasteiger partial charge in [-0.1, -0.05) is 43.5 Å². The van der Waals surface area contributed by atoms with Crippen molar-refractivity contribution in [3.05, 3.63) is 42.0 Å². The predicted octanol–water partition coefficient (Wildman–Crippen LogP) is 4.74. The molecule has 0 heterocycles. The number of amides is 1. The molecule has 3 nitrogen and oxygen atoms in total. The SMILES string of the molecule is COc1ccc2cc([C@H](C)C(=O)N(C)C3CCCCC3)ccc2c1. The number of ether oxygens (including phenoxy) is 1. The smallest absolute Gasteiger partial charge is 0.229 e. The fourth-order valence-electron chi connectivity index (χ4n) is 3.73. The Morgan fingerprint density at radius 2 is 1.75 bits per heavy atom. The van der Waals surface area contributed by atoms with Crippen LogP contribution in [0.5, 0.6) is 5.75 Å². The highest BCUT2D eigenvalue weighted by Crippen LogP contribution is 2.28. The summed E-state index contributed by atoms with van der Waals surface area (Å²) in [5.41, 5.74) is 1.08. The first-order valence-electron chi connectivity index (χ1n) is 8.94. The first kappa shape index (κ1) is 16.8. The standard InChI is InChI=1S/C21H27NO2/c1-15(21(23)22(2)19-7-5-4-6-8-19)16-9-10-18-14-20(24-3)12-11-17(18)13-16/h9-15,19H,4-8H2,1-3H3/t15-/m0/s1. The molecule has 3 rings (SSSR count). The number of hydrogen-bond donors (Lipinski definition) is 0. The van der Waals surface area contributed by atoms with Crippen LogP contribution in [-0.2, 0) is 4.79 Å². The van der Waals surface area contributed by atoms with Crippen LogP contribution in [0.4, 0.5) is 0 Å². The Bertz CT molecular complexity index is 719. The molecule has 2 aromatic rings. The lowest BCUT2D eigenvalue weighted by atomic mass is 9.92. The number of fused-ring (bicyclic) bond motifs is 1. The highest BCUT2D eigenvalue weighted by molar-refractivity contribution is 5.88. The molecule has 0 aromatic heterocycles. The largest absolute Gasteiger partial charge is 0.497 e. The molecule has 3 heteroatoms. The molecular formula is C21H27NO2. The van der Waals surface area contributed by atoms with E-state index in [4.69, 9.17) is 4.74 Å². The average molecular weight is 325 g/mol. The van der Waals surface area contributed by atoms with Gasteiger partial charge in [-0.2, -0.15) is 0 Å². The average Bonchev–Trinajstić information content (AvgIpc) is 2.66. The van der Waals surface area contributed by atoms with Crippen LogP contribution in [0.2, 0.25) is 0 Å². The predicted molar refractivity (Wildman–Crippen MR) is 98.6 cm³/mol. The van der Waals surface area contributed by atoms with Crippen molar-refractivity contribution < 1.29 is 9.53 Å². The lowest BCUT2D eigenvalue weighted by Gasteiger charge is -2.33. The summed E-state index contributed by atoms with van der Waals surface area (Å²) in [5, 5.41) is 2.28. The molecule has 1 amide bonds. The van der Waals surface area contributed by atoms with E-state index in [1.165, 1.54) is 19.3 Å². The monoisotopic (exact) mass is 325 g/mol. The number of nitrogens with zero attached hydrogens (tertiary/aromatic N) is 1. The Morgan fingerprint density at radius 3 is 2.46 bits per heavy atom. The first-order valence-corrected chi connectivity index (χ1v) is 8.94. The summed E-state index contributed by atoms with van der Waals surface area (Å²) in [5.74, 6) is 0.981. The topological polar surface area (TPSA) is 29.5 Å². The maximum atomic E-state index is 12.9. The van der Waals surface area contributed by atoms with Gasteiger partial charge in [0.25, 0.3) is 0 Å². The number of hydrogen-bond acceptors (Lipinski definition) is 2. The van der Waals surface area contributed by atoms with E-state index >= 15 is 0 Å². The van der Waals surface area contributed by atoms with Crippen molar-refractivity contribution in [3.63, 3.8) is 0 Å². The fourth-order valence-corrected chi connectivity index (χ4v) is 3.73. The lowest BCUT2D eigenvalue weighted by molar-refractivity contribution is -0.133. The Kier molecular flexibility index (Phi) is 5.08. The third-order valence-corrected chi connectivity index (χ3v) is 5.41. The number of carbonyl (C=O) groups excluding carboxylic acids is 1.